The Kier molecular flexibility index (Phi) is 8.34. The third-order valence-electron chi connectivity index (χ3n) is 0.511. The predicted molar refractivity (Wildman–Crippen MR) is 35.1 cm³/mol. The number of hydrogen-bond donors (Lipinski definition) is 1. The van der Waals surface area contributed by atoms with Crippen molar-refractivity contribution in [3.63, 3.8) is 0 Å². The number of nitriles is 2. The molecule has 0 saturated carbocycles. The van der Waals surface area contributed by atoms with Crippen molar-refractivity contribution in [2.75, 3.05) is 14.2 Å². The summed E-state index contributed by atoms with van der Waals surface area (Å²) in [5, 5.41) is 14.5. The van der Waals surface area contributed by atoms with Crippen LogP contribution >= 0.6 is 7.82 Å². The molecule has 0 aromatic heterocycles. The highest BCUT2D eigenvalue weighted by atomic mass is 31.2. The smallest absolute Gasteiger partial charge is 0.303 e. The fraction of sp³-hybridized carbons (Fsp3) is 0.500. The van der Waals surface area contributed by atoms with E-state index in [4.69, 9.17) is 15.4 Å². The first-order valence-corrected chi connectivity index (χ1v) is 3.76. The van der Waals surface area contributed by atoms with E-state index >= 15 is 0 Å². The summed E-state index contributed by atoms with van der Waals surface area (Å²) in [6, 6.07) is 2.47. The Bertz CT molecular complexity index is 195. The van der Waals surface area contributed by atoms with Crippen LogP contribution in [0.25, 0.3) is 0 Å². The summed E-state index contributed by atoms with van der Waals surface area (Å²) in [6.45, 7) is 0. The minimum atomic E-state index is -3.65. The summed E-state index contributed by atoms with van der Waals surface area (Å²) in [5.41, 5.74) is 0. The maximum Gasteiger partial charge on any atom is 0.471 e. The van der Waals surface area contributed by atoms with E-state index in [1.54, 1.807) is 0 Å². The van der Waals surface area contributed by atoms with Gasteiger partial charge in [-0.05, 0) is 0 Å². The number of nitrogens with zero attached hydrogens (tertiary/aromatic N) is 2. The summed E-state index contributed by atoms with van der Waals surface area (Å²) >= 11 is 0. The molecule has 0 atom stereocenters. The molecular weight excluding hydrogens is 171 g/mol. The van der Waals surface area contributed by atoms with Crippen LogP contribution in [-0.2, 0) is 13.6 Å². The highest BCUT2D eigenvalue weighted by molar-refractivity contribution is 7.47. The molecule has 0 saturated heterocycles. The third kappa shape index (κ3) is 12.3. The molecule has 0 fully saturated rings. The van der Waals surface area contributed by atoms with Gasteiger partial charge >= 0.3 is 7.82 Å². The van der Waals surface area contributed by atoms with E-state index in [1.807, 2.05) is 0 Å². The van der Waals surface area contributed by atoms with Gasteiger partial charge in [0.15, 0.2) is 12.1 Å². The van der Waals surface area contributed by atoms with Crippen molar-refractivity contribution >= 4 is 7.82 Å². The van der Waals surface area contributed by atoms with Gasteiger partial charge in [0.25, 0.3) is 0 Å². The van der Waals surface area contributed by atoms with E-state index in [-0.39, 0.29) is 0 Å². The molecule has 0 bridgehead atoms. The SMILES string of the molecule is COP(=O)(O)OC.N#CC#N. The van der Waals surface area contributed by atoms with E-state index < -0.39 is 7.82 Å². The van der Waals surface area contributed by atoms with Crippen LogP contribution in [-0.4, -0.2) is 19.1 Å². The molecule has 0 heterocycles. The lowest BCUT2D eigenvalue weighted by atomic mass is 10.9. The monoisotopic (exact) mass is 178 g/mol. The van der Waals surface area contributed by atoms with Gasteiger partial charge in [0.05, 0.1) is 0 Å². The molecule has 0 aliphatic carbocycles. The molecule has 0 rings (SSSR count). The predicted octanol–water partition coefficient (Wildman–Crippen LogP) is 0.413. The lowest BCUT2D eigenvalue weighted by molar-refractivity contribution is 0.204. The second-order valence-electron chi connectivity index (χ2n) is 1.06. The molecule has 1 N–H and O–H groups in total. The second kappa shape index (κ2) is 7.20. The van der Waals surface area contributed by atoms with E-state index in [0.29, 0.717) is 0 Å². The Balaban J connectivity index is 0. The highest BCUT2D eigenvalue weighted by Gasteiger charge is 2.13. The van der Waals surface area contributed by atoms with Crippen molar-refractivity contribution in [3.05, 3.63) is 0 Å². The zero-order chi connectivity index (χ0) is 9.33. The quantitative estimate of drug-likeness (QED) is 0.614. The van der Waals surface area contributed by atoms with Gasteiger partial charge in [-0.15, -0.1) is 0 Å². The first-order chi connectivity index (χ1) is 5.04. The Labute approximate surface area is 64.2 Å². The summed E-state index contributed by atoms with van der Waals surface area (Å²) in [6.07, 6.45) is 0. The van der Waals surface area contributed by atoms with Gasteiger partial charge in [-0.1, -0.05) is 0 Å². The highest BCUT2D eigenvalue weighted by Crippen LogP contribution is 2.40. The van der Waals surface area contributed by atoms with Crippen LogP contribution in [0.1, 0.15) is 0 Å². The van der Waals surface area contributed by atoms with E-state index in [1.165, 1.54) is 12.1 Å². The van der Waals surface area contributed by atoms with Crippen LogP contribution in [0.15, 0.2) is 0 Å². The zero-order valence-corrected chi connectivity index (χ0v) is 6.91. The van der Waals surface area contributed by atoms with Crippen LogP contribution < -0.4 is 0 Å². The molecule has 6 nitrogen and oxygen atoms in total. The molecular formula is C4H7N2O4P. The minimum Gasteiger partial charge on any atom is -0.303 e. The van der Waals surface area contributed by atoms with E-state index in [9.17, 15) is 4.57 Å². The number of phosphoric acid groups is 1. The van der Waals surface area contributed by atoms with Crippen molar-refractivity contribution < 1.29 is 18.5 Å². The number of rotatable bonds is 2. The van der Waals surface area contributed by atoms with Gasteiger partial charge < -0.3 is 4.89 Å². The lowest BCUT2D eigenvalue weighted by Gasteiger charge is -2.01. The van der Waals surface area contributed by atoms with E-state index in [2.05, 4.69) is 9.05 Å². The van der Waals surface area contributed by atoms with Gasteiger partial charge in [0, 0.05) is 14.2 Å². The van der Waals surface area contributed by atoms with Gasteiger partial charge in [0.2, 0.25) is 0 Å². The summed E-state index contributed by atoms with van der Waals surface area (Å²) in [7, 11) is -1.45. The summed E-state index contributed by atoms with van der Waals surface area (Å²) in [4.78, 5) is 8.24. The summed E-state index contributed by atoms with van der Waals surface area (Å²) < 4.78 is 18.0. The molecule has 62 valence electrons. The van der Waals surface area contributed by atoms with E-state index in [0.717, 1.165) is 14.2 Å². The van der Waals surface area contributed by atoms with Gasteiger partial charge in [-0.25, -0.2) is 4.57 Å². The van der Waals surface area contributed by atoms with Crippen LogP contribution in [0, 0.1) is 22.7 Å². The molecule has 0 amide bonds. The molecule has 0 spiro atoms. The van der Waals surface area contributed by atoms with Crippen molar-refractivity contribution in [1.29, 1.82) is 10.5 Å². The maximum atomic E-state index is 10.1. The average Bonchev–Trinajstić information content (AvgIpc) is 2.05. The molecule has 0 aromatic carbocycles. The first kappa shape index (κ1) is 12.7. The summed E-state index contributed by atoms with van der Waals surface area (Å²) in [5.74, 6) is 0. The Hall–Kier alpha value is -0.910. The fourth-order valence-electron chi connectivity index (χ4n) is 0.0745. The van der Waals surface area contributed by atoms with Gasteiger partial charge in [0.1, 0.15) is 0 Å². The minimum absolute atomic E-state index is 1.10. The fourth-order valence-corrected chi connectivity index (χ4v) is 0.224. The third-order valence-corrected chi connectivity index (χ3v) is 1.43. The van der Waals surface area contributed by atoms with Crippen molar-refractivity contribution in [2.24, 2.45) is 0 Å². The van der Waals surface area contributed by atoms with Gasteiger partial charge in [-0.3, -0.25) is 9.05 Å². The molecule has 0 aliphatic rings. The number of hydrogen-bond acceptors (Lipinski definition) is 5. The molecule has 11 heavy (non-hydrogen) atoms. The average molecular weight is 178 g/mol. The van der Waals surface area contributed by atoms with Crippen molar-refractivity contribution in [3.8, 4) is 12.1 Å². The Morgan fingerprint density at radius 3 is 1.55 bits per heavy atom. The van der Waals surface area contributed by atoms with Crippen LogP contribution in [0.4, 0.5) is 0 Å². The Morgan fingerprint density at radius 2 is 1.55 bits per heavy atom. The van der Waals surface area contributed by atoms with Crippen LogP contribution in [0.3, 0.4) is 0 Å². The van der Waals surface area contributed by atoms with Crippen molar-refractivity contribution in [1.82, 2.24) is 0 Å². The lowest BCUT2D eigenvalue weighted by Crippen LogP contribution is -1.83. The largest absolute Gasteiger partial charge is 0.471 e. The number of phosphoric ester groups is 1. The van der Waals surface area contributed by atoms with Crippen LogP contribution in [0.2, 0.25) is 0 Å². The topological polar surface area (TPSA) is 103 Å². The first-order valence-electron chi connectivity index (χ1n) is 2.26. The standard InChI is InChI=1S/C2N2.C2H7O4P/c3-1-2-4;1-5-7(3,4)6-2/h;1-2H3,(H,3,4). The normalized spacial score (nSPS) is 8.45. The van der Waals surface area contributed by atoms with Crippen molar-refractivity contribution in [2.45, 2.75) is 0 Å². The zero-order valence-electron chi connectivity index (χ0n) is 6.01. The Morgan fingerprint density at radius 1 is 1.27 bits per heavy atom. The maximum absolute atomic E-state index is 10.1. The van der Waals surface area contributed by atoms with Crippen LogP contribution in [0.5, 0.6) is 0 Å². The molecule has 0 radical (unpaired) electrons. The molecule has 0 aromatic rings. The second-order valence-corrected chi connectivity index (χ2v) is 2.72. The molecule has 0 aliphatic heterocycles. The molecule has 0 unspecified atom stereocenters. The molecule has 7 heteroatoms. The van der Waals surface area contributed by atoms with Gasteiger partial charge in [-0.2, -0.15) is 10.5 Å².